The van der Waals surface area contributed by atoms with Gasteiger partial charge in [-0.05, 0) is 12.8 Å². The smallest absolute Gasteiger partial charge is 0.409 e. The largest absolute Gasteiger partial charge is 0.415 e. The molecule has 0 bridgehead atoms. The molecule has 1 fully saturated rings. The van der Waals surface area contributed by atoms with Crippen LogP contribution in [0.1, 0.15) is 32.1 Å². The average Bonchev–Trinajstić information content (AvgIpc) is 2.05. The van der Waals surface area contributed by atoms with E-state index in [0.29, 0.717) is 11.7 Å². The van der Waals surface area contributed by atoms with Gasteiger partial charge < -0.3 is 10.5 Å². The van der Waals surface area contributed by atoms with Crippen molar-refractivity contribution in [2.75, 3.05) is 0 Å². The van der Waals surface area contributed by atoms with Gasteiger partial charge in [0.25, 0.3) is 0 Å². The lowest BCUT2D eigenvalue weighted by molar-refractivity contribution is 0.168. The molecule has 1 saturated carbocycles. The number of hydrogen-bond donors (Lipinski definition) is 1. The fraction of sp³-hybridized carbons (Fsp3) is 0.667. The summed E-state index contributed by atoms with van der Waals surface area (Å²) in [5.74, 6) is 0.883. The van der Waals surface area contributed by atoms with Crippen molar-refractivity contribution in [1.29, 1.82) is 0 Å². The van der Waals surface area contributed by atoms with Crippen molar-refractivity contribution in [2.24, 2.45) is 11.7 Å². The molecule has 1 rings (SSSR count). The summed E-state index contributed by atoms with van der Waals surface area (Å²) in [5.41, 5.74) is 4.88. The normalized spacial score (nSPS) is 18.7. The molecule has 0 heterocycles. The Morgan fingerprint density at radius 3 is 2.42 bits per heavy atom. The number of primary amides is 1. The van der Waals surface area contributed by atoms with Gasteiger partial charge in [0.05, 0.1) is 0 Å². The molecule has 1 aliphatic carbocycles. The molecule has 1 amide bonds. The van der Waals surface area contributed by atoms with Crippen LogP contribution in [0.3, 0.4) is 0 Å². The Bertz CT molecular complexity index is 183. The molecule has 0 unspecified atom stereocenters. The van der Waals surface area contributed by atoms with E-state index in [1.807, 2.05) is 0 Å². The third-order valence-electron chi connectivity index (χ3n) is 2.29. The minimum Gasteiger partial charge on any atom is -0.415 e. The van der Waals surface area contributed by atoms with E-state index in [1.165, 1.54) is 19.3 Å². The lowest BCUT2D eigenvalue weighted by Crippen LogP contribution is -2.18. The molecule has 0 aromatic rings. The van der Waals surface area contributed by atoms with Crippen molar-refractivity contribution < 1.29 is 9.53 Å². The summed E-state index contributed by atoms with van der Waals surface area (Å²) < 4.78 is 4.73. The van der Waals surface area contributed by atoms with Crippen LogP contribution in [0.2, 0.25) is 0 Å². The quantitative estimate of drug-likeness (QED) is 0.644. The summed E-state index contributed by atoms with van der Waals surface area (Å²) in [6, 6.07) is 0. The molecule has 1 aliphatic rings. The fourth-order valence-corrected chi connectivity index (χ4v) is 1.64. The Kier molecular flexibility index (Phi) is 3.14. The second kappa shape index (κ2) is 4.14. The highest BCUT2D eigenvalue weighted by Crippen LogP contribution is 2.29. The van der Waals surface area contributed by atoms with Crippen molar-refractivity contribution in [2.45, 2.75) is 32.1 Å². The predicted octanol–water partition coefficient (Wildman–Crippen LogP) is 2.18. The van der Waals surface area contributed by atoms with Crippen LogP contribution in [0.15, 0.2) is 12.3 Å². The highest BCUT2D eigenvalue weighted by molar-refractivity contribution is 5.65. The molecule has 2 N–H and O–H groups in total. The third-order valence-corrected chi connectivity index (χ3v) is 2.29. The molecule has 3 heteroatoms. The van der Waals surface area contributed by atoms with E-state index < -0.39 is 6.09 Å². The van der Waals surface area contributed by atoms with E-state index in [4.69, 9.17) is 10.5 Å². The van der Waals surface area contributed by atoms with Gasteiger partial charge >= 0.3 is 6.09 Å². The van der Waals surface area contributed by atoms with Crippen LogP contribution in [-0.2, 0) is 4.74 Å². The number of ether oxygens (including phenoxy) is 1. The highest BCUT2D eigenvalue weighted by atomic mass is 16.5. The van der Waals surface area contributed by atoms with Crippen LogP contribution in [0.25, 0.3) is 0 Å². The minimum absolute atomic E-state index is 0.339. The first-order chi connectivity index (χ1) is 5.70. The molecule has 0 aromatic heterocycles. The second-order valence-electron chi connectivity index (χ2n) is 3.22. The average molecular weight is 169 g/mol. The van der Waals surface area contributed by atoms with E-state index >= 15 is 0 Å². The summed E-state index contributed by atoms with van der Waals surface area (Å²) in [5, 5.41) is 0. The Morgan fingerprint density at radius 1 is 1.33 bits per heavy atom. The molecule has 12 heavy (non-hydrogen) atoms. The monoisotopic (exact) mass is 169 g/mol. The van der Waals surface area contributed by atoms with Crippen molar-refractivity contribution in [3.63, 3.8) is 0 Å². The second-order valence-corrected chi connectivity index (χ2v) is 3.22. The standard InChI is InChI=1S/C9H15NO2/c1-7(12-9(10)11)8-5-3-2-4-6-8/h8H,1-6H2,(H2,10,11). The Balaban J connectivity index is 2.34. The van der Waals surface area contributed by atoms with E-state index in [-0.39, 0.29) is 0 Å². The number of allylic oxidation sites excluding steroid dienone is 1. The predicted molar refractivity (Wildman–Crippen MR) is 46.4 cm³/mol. The van der Waals surface area contributed by atoms with Crippen LogP contribution < -0.4 is 5.73 Å². The Labute approximate surface area is 72.6 Å². The number of carbonyl (C=O) groups excluding carboxylic acids is 1. The van der Waals surface area contributed by atoms with Gasteiger partial charge in [-0.3, -0.25) is 0 Å². The SMILES string of the molecule is C=C(OC(N)=O)C1CCCCC1. The molecule has 68 valence electrons. The first kappa shape index (κ1) is 9.10. The molecule has 0 spiro atoms. The third kappa shape index (κ3) is 2.57. The highest BCUT2D eigenvalue weighted by Gasteiger charge is 2.18. The van der Waals surface area contributed by atoms with Gasteiger partial charge in [0.2, 0.25) is 0 Å². The zero-order valence-corrected chi connectivity index (χ0v) is 7.21. The van der Waals surface area contributed by atoms with Crippen LogP contribution in [-0.4, -0.2) is 6.09 Å². The number of carbonyl (C=O) groups is 1. The molecule has 3 nitrogen and oxygen atoms in total. The van der Waals surface area contributed by atoms with E-state index in [9.17, 15) is 4.79 Å². The molecular formula is C9H15NO2. The molecule has 0 aromatic carbocycles. The van der Waals surface area contributed by atoms with E-state index in [2.05, 4.69) is 6.58 Å². The molecule has 0 radical (unpaired) electrons. The van der Waals surface area contributed by atoms with Gasteiger partial charge in [0, 0.05) is 5.92 Å². The first-order valence-corrected chi connectivity index (χ1v) is 4.36. The summed E-state index contributed by atoms with van der Waals surface area (Å²) in [6.45, 7) is 3.70. The molecule has 0 saturated heterocycles. The number of nitrogens with two attached hydrogens (primary N) is 1. The maximum Gasteiger partial charge on any atom is 0.409 e. The summed E-state index contributed by atoms with van der Waals surface area (Å²) in [4.78, 5) is 10.4. The van der Waals surface area contributed by atoms with Crippen molar-refractivity contribution in [3.8, 4) is 0 Å². The maximum absolute atomic E-state index is 10.4. The van der Waals surface area contributed by atoms with Crippen LogP contribution >= 0.6 is 0 Å². The van der Waals surface area contributed by atoms with Gasteiger partial charge in [-0.25, -0.2) is 4.79 Å². The first-order valence-electron chi connectivity index (χ1n) is 4.36. The summed E-state index contributed by atoms with van der Waals surface area (Å²) in [7, 11) is 0. The van der Waals surface area contributed by atoms with Crippen molar-refractivity contribution >= 4 is 6.09 Å². The Hall–Kier alpha value is -0.990. The van der Waals surface area contributed by atoms with E-state index in [1.54, 1.807) is 0 Å². The van der Waals surface area contributed by atoms with Crippen LogP contribution in [0.4, 0.5) is 4.79 Å². The lowest BCUT2D eigenvalue weighted by Gasteiger charge is -2.22. The Morgan fingerprint density at radius 2 is 1.92 bits per heavy atom. The lowest BCUT2D eigenvalue weighted by atomic mass is 9.88. The maximum atomic E-state index is 10.4. The zero-order valence-electron chi connectivity index (χ0n) is 7.21. The fourth-order valence-electron chi connectivity index (χ4n) is 1.64. The minimum atomic E-state index is -0.745. The molecule has 0 aliphatic heterocycles. The van der Waals surface area contributed by atoms with Gasteiger partial charge in [-0.1, -0.05) is 25.8 Å². The molecule has 0 atom stereocenters. The van der Waals surface area contributed by atoms with Gasteiger partial charge in [0.15, 0.2) is 0 Å². The summed E-state index contributed by atoms with van der Waals surface area (Å²) >= 11 is 0. The number of hydrogen-bond acceptors (Lipinski definition) is 2. The zero-order chi connectivity index (χ0) is 8.97. The number of amides is 1. The summed E-state index contributed by atoms with van der Waals surface area (Å²) in [6.07, 6.45) is 5.08. The van der Waals surface area contributed by atoms with Gasteiger partial charge in [-0.15, -0.1) is 0 Å². The van der Waals surface area contributed by atoms with E-state index in [0.717, 1.165) is 12.8 Å². The van der Waals surface area contributed by atoms with Crippen LogP contribution in [0, 0.1) is 5.92 Å². The van der Waals surface area contributed by atoms with Gasteiger partial charge in [-0.2, -0.15) is 0 Å². The number of rotatable bonds is 2. The van der Waals surface area contributed by atoms with Crippen LogP contribution in [0.5, 0.6) is 0 Å². The van der Waals surface area contributed by atoms with Crippen molar-refractivity contribution in [3.05, 3.63) is 12.3 Å². The van der Waals surface area contributed by atoms with Crippen molar-refractivity contribution in [1.82, 2.24) is 0 Å². The van der Waals surface area contributed by atoms with Gasteiger partial charge in [0.1, 0.15) is 5.76 Å². The molecular weight excluding hydrogens is 154 g/mol. The topological polar surface area (TPSA) is 52.3 Å².